The van der Waals surface area contributed by atoms with Crippen LogP contribution in [0.2, 0.25) is 0 Å². The minimum atomic E-state index is -0.0906. The Labute approximate surface area is 185 Å². The maximum Gasteiger partial charge on any atom is 0.238 e. The molecule has 7 nitrogen and oxygen atoms in total. The van der Waals surface area contributed by atoms with Gasteiger partial charge in [0.1, 0.15) is 11.5 Å². The van der Waals surface area contributed by atoms with Crippen molar-refractivity contribution in [3.05, 3.63) is 29.8 Å². The standard InChI is InChI=1S/C24H35N3O4/c1-30-20-8-9-21(22(16-20)31-2)26-23(28)17-27-14-11-19(12-15-27)24(29)25-13-10-18-6-4-3-5-7-18/h6,8-9,16,19H,3-5,7,10-15,17H2,1-2H3,(H,25,29)(H,26,28). The van der Waals surface area contributed by atoms with Gasteiger partial charge in [0.25, 0.3) is 0 Å². The van der Waals surface area contributed by atoms with Crippen LogP contribution in [0.4, 0.5) is 5.69 Å². The summed E-state index contributed by atoms with van der Waals surface area (Å²) in [7, 11) is 3.15. The van der Waals surface area contributed by atoms with E-state index in [2.05, 4.69) is 21.6 Å². The molecule has 2 amide bonds. The van der Waals surface area contributed by atoms with Crippen molar-refractivity contribution in [3.63, 3.8) is 0 Å². The van der Waals surface area contributed by atoms with Gasteiger partial charge in [-0.25, -0.2) is 0 Å². The Morgan fingerprint density at radius 1 is 1.13 bits per heavy atom. The van der Waals surface area contributed by atoms with Crippen LogP contribution in [0, 0.1) is 5.92 Å². The Morgan fingerprint density at radius 3 is 2.61 bits per heavy atom. The van der Waals surface area contributed by atoms with Crippen molar-refractivity contribution in [2.24, 2.45) is 5.92 Å². The van der Waals surface area contributed by atoms with Crippen LogP contribution in [0.15, 0.2) is 29.8 Å². The number of hydrogen-bond acceptors (Lipinski definition) is 5. The summed E-state index contributed by atoms with van der Waals surface area (Å²) in [5, 5.41) is 6.02. The van der Waals surface area contributed by atoms with E-state index in [9.17, 15) is 9.59 Å². The number of hydrogen-bond donors (Lipinski definition) is 2. The molecular formula is C24H35N3O4. The van der Waals surface area contributed by atoms with E-state index in [0.29, 0.717) is 23.7 Å². The highest BCUT2D eigenvalue weighted by Crippen LogP contribution is 2.29. The predicted molar refractivity (Wildman–Crippen MR) is 122 cm³/mol. The van der Waals surface area contributed by atoms with Crippen molar-refractivity contribution in [2.45, 2.75) is 44.9 Å². The molecule has 1 heterocycles. The average molecular weight is 430 g/mol. The van der Waals surface area contributed by atoms with E-state index >= 15 is 0 Å². The van der Waals surface area contributed by atoms with Crippen LogP contribution >= 0.6 is 0 Å². The average Bonchev–Trinajstić information content (AvgIpc) is 2.80. The minimum absolute atomic E-state index is 0.0429. The fourth-order valence-corrected chi connectivity index (χ4v) is 4.27. The van der Waals surface area contributed by atoms with Gasteiger partial charge in [-0.2, -0.15) is 0 Å². The highest BCUT2D eigenvalue weighted by Gasteiger charge is 2.26. The lowest BCUT2D eigenvalue weighted by Gasteiger charge is -2.30. The van der Waals surface area contributed by atoms with Gasteiger partial charge in [0.2, 0.25) is 11.8 Å². The zero-order valence-electron chi connectivity index (χ0n) is 18.7. The second kappa shape index (κ2) is 11.7. The van der Waals surface area contributed by atoms with Crippen LogP contribution < -0.4 is 20.1 Å². The van der Waals surface area contributed by atoms with Gasteiger partial charge in [-0.1, -0.05) is 11.6 Å². The Hall–Kier alpha value is -2.54. The van der Waals surface area contributed by atoms with Crippen LogP contribution in [-0.4, -0.2) is 57.1 Å². The first-order valence-electron chi connectivity index (χ1n) is 11.3. The molecule has 0 aromatic heterocycles. The highest BCUT2D eigenvalue weighted by molar-refractivity contribution is 5.93. The molecule has 0 radical (unpaired) electrons. The van der Waals surface area contributed by atoms with Crippen molar-refractivity contribution in [1.29, 1.82) is 0 Å². The second-order valence-electron chi connectivity index (χ2n) is 8.31. The zero-order chi connectivity index (χ0) is 22.1. The Kier molecular flexibility index (Phi) is 8.76. The normalized spacial score (nSPS) is 17.5. The lowest BCUT2D eigenvalue weighted by Crippen LogP contribution is -2.43. The van der Waals surface area contributed by atoms with Crippen molar-refractivity contribution in [2.75, 3.05) is 45.7 Å². The maximum absolute atomic E-state index is 12.5. The molecule has 2 N–H and O–H groups in total. The fraction of sp³-hybridized carbons (Fsp3) is 0.583. The first kappa shape index (κ1) is 23.1. The number of anilines is 1. The summed E-state index contributed by atoms with van der Waals surface area (Å²) in [6, 6.07) is 5.30. The monoisotopic (exact) mass is 429 g/mol. The van der Waals surface area contributed by atoms with Crippen LogP contribution in [0.25, 0.3) is 0 Å². The van der Waals surface area contributed by atoms with Gasteiger partial charge in [0, 0.05) is 18.5 Å². The van der Waals surface area contributed by atoms with Gasteiger partial charge >= 0.3 is 0 Å². The summed E-state index contributed by atoms with van der Waals surface area (Å²) in [4.78, 5) is 27.1. The Bertz CT molecular complexity index is 785. The summed E-state index contributed by atoms with van der Waals surface area (Å²) in [6.07, 6.45) is 9.80. The summed E-state index contributed by atoms with van der Waals surface area (Å²) in [5.41, 5.74) is 2.11. The summed E-state index contributed by atoms with van der Waals surface area (Å²) in [5.74, 6) is 1.34. The molecule has 0 atom stereocenters. The molecule has 1 aliphatic heterocycles. The molecule has 2 aliphatic rings. The number of allylic oxidation sites excluding steroid dienone is 1. The van der Waals surface area contributed by atoms with Gasteiger partial charge in [-0.15, -0.1) is 0 Å². The molecule has 1 fully saturated rings. The number of nitrogens with zero attached hydrogens (tertiary/aromatic N) is 1. The first-order valence-corrected chi connectivity index (χ1v) is 11.3. The first-order chi connectivity index (χ1) is 15.1. The van der Waals surface area contributed by atoms with E-state index in [0.717, 1.165) is 38.9 Å². The van der Waals surface area contributed by atoms with Gasteiger partial charge in [-0.3, -0.25) is 14.5 Å². The van der Waals surface area contributed by atoms with Gasteiger partial charge in [0.15, 0.2) is 0 Å². The van der Waals surface area contributed by atoms with Crippen molar-refractivity contribution in [3.8, 4) is 11.5 Å². The highest BCUT2D eigenvalue weighted by atomic mass is 16.5. The quantitative estimate of drug-likeness (QED) is 0.589. The number of amides is 2. The molecule has 0 saturated carbocycles. The predicted octanol–water partition coefficient (Wildman–Crippen LogP) is 3.36. The number of rotatable bonds is 9. The molecule has 170 valence electrons. The van der Waals surface area contributed by atoms with Crippen LogP contribution in [0.5, 0.6) is 11.5 Å². The van der Waals surface area contributed by atoms with E-state index in [1.54, 1.807) is 32.4 Å². The number of carbonyl (C=O) groups excluding carboxylic acids is 2. The van der Waals surface area contributed by atoms with E-state index in [-0.39, 0.29) is 17.7 Å². The molecule has 1 aromatic carbocycles. The number of ether oxygens (including phenoxy) is 2. The third-order valence-electron chi connectivity index (χ3n) is 6.14. The Balaban J connectivity index is 1.38. The number of carbonyl (C=O) groups is 2. The van der Waals surface area contributed by atoms with Gasteiger partial charge in [-0.05, 0) is 70.2 Å². The largest absolute Gasteiger partial charge is 0.497 e. The molecule has 0 spiro atoms. The fourth-order valence-electron chi connectivity index (χ4n) is 4.27. The van der Waals surface area contributed by atoms with E-state index in [4.69, 9.17) is 9.47 Å². The number of methoxy groups -OCH3 is 2. The topological polar surface area (TPSA) is 79.9 Å². The zero-order valence-corrected chi connectivity index (χ0v) is 18.7. The summed E-state index contributed by atoms with van der Waals surface area (Å²) < 4.78 is 10.5. The molecule has 7 heteroatoms. The summed E-state index contributed by atoms with van der Waals surface area (Å²) in [6.45, 7) is 2.53. The second-order valence-corrected chi connectivity index (χ2v) is 8.31. The molecule has 3 rings (SSSR count). The number of piperidine rings is 1. The number of likely N-dealkylation sites (tertiary alicyclic amines) is 1. The minimum Gasteiger partial charge on any atom is -0.497 e. The molecule has 0 unspecified atom stereocenters. The van der Waals surface area contributed by atoms with Gasteiger partial charge in [0.05, 0.1) is 26.5 Å². The number of nitrogens with one attached hydrogen (secondary N) is 2. The van der Waals surface area contributed by atoms with Crippen molar-refractivity contribution < 1.29 is 19.1 Å². The smallest absolute Gasteiger partial charge is 0.238 e. The van der Waals surface area contributed by atoms with Gasteiger partial charge < -0.3 is 20.1 Å². The van der Waals surface area contributed by atoms with E-state index in [1.165, 1.54) is 31.3 Å². The van der Waals surface area contributed by atoms with Crippen molar-refractivity contribution in [1.82, 2.24) is 10.2 Å². The summed E-state index contributed by atoms with van der Waals surface area (Å²) >= 11 is 0. The molecule has 1 aromatic rings. The maximum atomic E-state index is 12.5. The van der Waals surface area contributed by atoms with Crippen LogP contribution in [0.3, 0.4) is 0 Å². The number of benzene rings is 1. The van der Waals surface area contributed by atoms with E-state index in [1.807, 2.05) is 0 Å². The molecule has 0 bridgehead atoms. The molecular weight excluding hydrogens is 394 g/mol. The Morgan fingerprint density at radius 2 is 1.94 bits per heavy atom. The lowest BCUT2D eigenvalue weighted by atomic mass is 9.95. The van der Waals surface area contributed by atoms with Crippen LogP contribution in [0.1, 0.15) is 44.9 Å². The molecule has 1 aliphatic carbocycles. The SMILES string of the molecule is COc1ccc(NC(=O)CN2CCC(C(=O)NCCC3=CCCCC3)CC2)c(OC)c1. The van der Waals surface area contributed by atoms with Crippen molar-refractivity contribution >= 4 is 17.5 Å². The third kappa shape index (κ3) is 6.99. The molecule has 1 saturated heterocycles. The third-order valence-corrected chi connectivity index (χ3v) is 6.14. The van der Waals surface area contributed by atoms with E-state index < -0.39 is 0 Å². The molecule has 31 heavy (non-hydrogen) atoms. The lowest BCUT2D eigenvalue weighted by molar-refractivity contribution is -0.126. The van der Waals surface area contributed by atoms with Crippen LogP contribution in [-0.2, 0) is 9.59 Å².